The van der Waals surface area contributed by atoms with Crippen LogP contribution in [0.15, 0.2) is 30.5 Å². The second kappa shape index (κ2) is 14.7. The molecule has 2 aromatic heterocycles. The van der Waals surface area contributed by atoms with Gasteiger partial charge in [-0.15, -0.1) is 0 Å². The average Bonchev–Trinajstić information content (AvgIpc) is 3.37. The maximum Gasteiger partial charge on any atom is 0.407 e. The quantitative estimate of drug-likeness (QED) is 0.180. The van der Waals surface area contributed by atoms with Crippen LogP contribution >= 0.6 is 0 Å². The smallest absolute Gasteiger partial charge is 0.407 e. The predicted octanol–water partition coefficient (Wildman–Crippen LogP) is 6.40. The van der Waals surface area contributed by atoms with Crippen molar-refractivity contribution in [2.45, 2.75) is 85.5 Å². The van der Waals surface area contributed by atoms with E-state index >= 15 is 4.39 Å². The number of carbonyl (C=O) groups is 2. The number of hydrogen-bond donors (Lipinski definition) is 2. The number of rotatable bonds is 11. The second-order valence-electron chi connectivity index (χ2n) is 14.1. The van der Waals surface area contributed by atoms with Crippen LogP contribution in [0.3, 0.4) is 0 Å². The van der Waals surface area contributed by atoms with Gasteiger partial charge in [-0.05, 0) is 77.6 Å². The van der Waals surface area contributed by atoms with Crippen molar-refractivity contribution >= 4 is 31.4 Å². The predicted molar refractivity (Wildman–Crippen MR) is 180 cm³/mol. The summed E-state index contributed by atoms with van der Waals surface area (Å²) in [7, 11) is -1.30. The number of hydrogen-bond acceptors (Lipinski definition) is 8. The monoisotopic (exact) mass is 653 g/mol. The largest absolute Gasteiger partial charge is 0.444 e. The molecule has 1 aliphatic rings. The summed E-state index contributed by atoms with van der Waals surface area (Å²) in [4.78, 5) is 41.3. The van der Waals surface area contributed by atoms with Crippen molar-refractivity contribution in [3.63, 3.8) is 0 Å². The molecule has 0 bridgehead atoms. The number of para-hydroxylation sites is 1. The fraction of sp³-hybridized carbons (Fsp3) is 0.545. The number of halogens is 1. The van der Waals surface area contributed by atoms with Crippen molar-refractivity contribution in [2.24, 2.45) is 5.92 Å². The first kappa shape index (κ1) is 35.0. The van der Waals surface area contributed by atoms with Crippen LogP contribution in [0.2, 0.25) is 25.7 Å². The number of amides is 2. The van der Waals surface area contributed by atoms with Crippen LogP contribution in [-0.4, -0.2) is 71.4 Å². The third-order valence-electron chi connectivity index (χ3n) is 7.53. The van der Waals surface area contributed by atoms with E-state index in [0.717, 1.165) is 24.6 Å². The van der Waals surface area contributed by atoms with Crippen LogP contribution in [0.25, 0.3) is 11.4 Å². The van der Waals surface area contributed by atoms with E-state index in [1.165, 1.54) is 6.07 Å². The lowest BCUT2D eigenvalue weighted by atomic mass is 9.96. The van der Waals surface area contributed by atoms with Crippen LogP contribution in [0, 0.1) is 25.6 Å². The van der Waals surface area contributed by atoms with Crippen LogP contribution in [-0.2, 0) is 16.2 Å². The Balaban J connectivity index is 1.50. The van der Waals surface area contributed by atoms with Gasteiger partial charge in [0.05, 0.1) is 17.1 Å². The zero-order valence-corrected chi connectivity index (χ0v) is 29.4. The number of carbonyl (C=O) groups excluding carboxylic acids is 2. The summed E-state index contributed by atoms with van der Waals surface area (Å²) >= 11 is 0. The molecule has 3 heterocycles. The molecule has 3 aromatic rings. The molecule has 0 unspecified atom stereocenters. The van der Waals surface area contributed by atoms with Gasteiger partial charge in [-0.1, -0.05) is 25.7 Å². The molecule has 1 fully saturated rings. The molecule has 250 valence electrons. The zero-order valence-electron chi connectivity index (χ0n) is 28.4. The van der Waals surface area contributed by atoms with Gasteiger partial charge in [0.1, 0.15) is 29.7 Å². The molecule has 1 saturated heterocycles. The van der Waals surface area contributed by atoms with Crippen LogP contribution in [0.4, 0.5) is 20.6 Å². The molecule has 0 atom stereocenters. The van der Waals surface area contributed by atoms with E-state index in [1.54, 1.807) is 22.9 Å². The lowest BCUT2D eigenvalue weighted by Crippen LogP contribution is -2.40. The second-order valence-corrected chi connectivity index (χ2v) is 19.7. The van der Waals surface area contributed by atoms with E-state index in [4.69, 9.17) is 9.47 Å². The van der Waals surface area contributed by atoms with Gasteiger partial charge in [0.15, 0.2) is 0 Å². The van der Waals surface area contributed by atoms with Gasteiger partial charge in [-0.3, -0.25) is 4.79 Å². The number of imidazole rings is 1. The van der Waals surface area contributed by atoms with Crippen molar-refractivity contribution in [3.05, 3.63) is 53.6 Å². The molecule has 0 spiro atoms. The van der Waals surface area contributed by atoms with E-state index in [-0.39, 0.29) is 18.5 Å². The molecule has 4 rings (SSSR count). The van der Waals surface area contributed by atoms with E-state index in [1.807, 2.05) is 45.6 Å². The fourth-order valence-electron chi connectivity index (χ4n) is 5.23. The minimum absolute atomic E-state index is 0.138. The highest BCUT2D eigenvalue weighted by Crippen LogP contribution is 2.33. The van der Waals surface area contributed by atoms with E-state index in [2.05, 4.69) is 45.2 Å². The van der Waals surface area contributed by atoms with Crippen LogP contribution < -0.4 is 15.5 Å². The molecule has 2 N–H and O–H groups in total. The summed E-state index contributed by atoms with van der Waals surface area (Å²) in [5.41, 5.74) is 2.06. The van der Waals surface area contributed by atoms with Gasteiger partial charge in [0.25, 0.3) is 5.91 Å². The molecule has 1 aliphatic heterocycles. The van der Waals surface area contributed by atoms with Gasteiger partial charge in [-0.25, -0.2) is 24.1 Å². The Morgan fingerprint density at radius 3 is 2.43 bits per heavy atom. The third kappa shape index (κ3) is 10.1. The number of piperidine rings is 1. The summed E-state index contributed by atoms with van der Waals surface area (Å²) in [6.45, 7) is 18.4. The number of ether oxygens (including phenoxy) is 2. The lowest BCUT2D eigenvalue weighted by molar-refractivity contribution is 0.0516. The van der Waals surface area contributed by atoms with Crippen molar-refractivity contribution in [2.75, 3.05) is 36.5 Å². The van der Waals surface area contributed by atoms with Crippen molar-refractivity contribution in [1.29, 1.82) is 0 Å². The number of benzene rings is 1. The Morgan fingerprint density at radius 2 is 1.78 bits per heavy atom. The Bertz CT molecular complexity index is 1500. The lowest BCUT2D eigenvalue weighted by Gasteiger charge is -2.35. The minimum Gasteiger partial charge on any atom is -0.444 e. The van der Waals surface area contributed by atoms with Crippen molar-refractivity contribution in [3.8, 4) is 11.4 Å². The molecule has 13 heteroatoms. The molecular weight excluding hydrogens is 605 g/mol. The maximum absolute atomic E-state index is 15.4. The van der Waals surface area contributed by atoms with Crippen LogP contribution in [0.1, 0.15) is 55.8 Å². The highest BCUT2D eigenvalue weighted by atomic mass is 28.3. The number of nitrogens with zero attached hydrogens (tertiary/aromatic N) is 5. The standard InChI is InChI=1S/C33H48FN7O4Si/c1-22-18-27(37-23(2)36-22)28-20-41(21-44-16-17-46(6,7)8)30(38-28)31(42)39-26-11-9-10-25(34)29(26)40-14-12-24(13-15-40)19-35-32(43)45-33(3,4)5/h9-11,18,20,24H,12-17,19,21H2,1-8H3,(H,35,43)(H,39,42). The van der Waals surface area contributed by atoms with Gasteiger partial charge in [0, 0.05) is 46.2 Å². The SMILES string of the molecule is Cc1cc(-c2cn(COCC[Si](C)(C)C)c(C(=O)Nc3cccc(F)c3N3CCC(CNC(=O)OC(C)(C)C)CC3)n2)nc(C)n1. The summed E-state index contributed by atoms with van der Waals surface area (Å²) < 4.78 is 28.4. The fourth-order valence-corrected chi connectivity index (χ4v) is 5.98. The number of alkyl carbamates (subject to hydrolysis) is 1. The Morgan fingerprint density at radius 1 is 1.07 bits per heavy atom. The Kier molecular flexibility index (Phi) is 11.2. The number of anilines is 2. The first-order valence-corrected chi connectivity index (χ1v) is 19.6. The van der Waals surface area contributed by atoms with E-state index in [9.17, 15) is 9.59 Å². The molecule has 2 amide bonds. The number of nitrogens with one attached hydrogen (secondary N) is 2. The summed E-state index contributed by atoms with van der Waals surface area (Å²) in [5.74, 6) is 0.0731. The van der Waals surface area contributed by atoms with E-state index < -0.39 is 31.5 Å². The van der Waals surface area contributed by atoms with Crippen LogP contribution in [0.5, 0.6) is 0 Å². The highest BCUT2D eigenvalue weighted by Gasteiger charge is 2.27. The van der Waals surface area contributed by atoms with Crippen molar-refractivity contribution < 1.29 is 23.5 Å². The molecule has 0 aliphatic carbocycles. The minimum atomic E-state index is -1.30. The summed E-state index contributed by atoms with van der Waals surface area (Å²) in [6, 6.07) is 7.48. The molecule has 0 radical (unpaired) electrons. The average molecular weight is 654 g/mol. The first-order chi connectivity index (χ1) is 21.6. The van der Waals surface area contributed by atoms with Gasteiger partial charge < -0.3 is 29.6 Å². The zero-order chi connectivity index (χ0) is 33.6. The third-order valence-corrected chi connectivity index (χ3v) is 9.24. The number of aryl methyl sites for hydroxylation is 2. The summed E-state index contributed by atoms with van der Waals surface area (Å²) in [5, 5.41) is 5.77. The number of aromatic nitrogens is 4. The molecule has 46 heavy (non-hydrogen) atoms. The molecular formula is C33H48FN7O4Si. The molecule has 1 aromatic carbocycles. The Hall–Kier alpha value is -3.84. The molecule has 0 saturated carbocycles. The van der Waals surface area contributed by atoms with Gasteiger partial charge in [0.2, 0.25) is 5.82 Å². The first-order valence-electron chi connectivity index (χ1n) is 15.9. The normalized spacial score (nSPS) is 14.3. The Labute approximate surface area is 272 Å². The maximum atomic E-state index is 15.4. The van der Waals surface area contributed by atoms with Gasteiger partial charge in [-0.2, -0.15) is 0 Å². The van der Waals surface area contributed by atoms with Crippen molar-refractivity contribution in [1.82, 2.24) is 24.8 Å². The van der Waals surface area contributed by atoms with Gasteiger partial charge >= 0.3 is 6.09 Å². The van der Waals surface area contributed by atoms with E-state index in [0.29, 0.717) is 54.8 Å². The molecule has 11 nitrogen and oxygen atoms in total. The highest BCUT2D eigenvalue weighted by molar-refractivity contribution is 6.76. The topological polar surface area (TPSA) is 124 Å². The summed E-state index contributed by atoms with van der Waals surface area (Å²) in [6.07, 6.45) is 2.81.